The van der Waals surface area contributed by atoms with E-state index in [9.17, 15) is 0 Å². The summed E-state index contributed by atoms with van der Waals surface area (Å²) in [6.45, 7) is 4.39. The van der Waals surface area contributed by atoms with E-state index in [-0.39, 0.29) is 0 Å². The molecule has 0 amide bonds. The Balaban J connectivity index is 2.03. The Labute approximate surface area is 156 Å². The molecule has 0 saturated carbocycles. The topological polar surface area (TPSA) is 21.3 Å². The van der Waals surface area contributed by atoms with Crippen molar-refractivity contribution in [1.82, 2.24) is 5.32 Å². The van der Waals surface area contributed by atoms with Crippen molar-refractivity contribution in [3.63, 3.8) is 0 Å². The molecular weight excluding hydrogens is 397 g/mol. The van der Waals surface area contributed by atoms with Gasteiger partial charge < -0.3 is 10.1 Å². The molecule has 5 heteroatoms. The van der Waals surface area contributed by atoms with Crippen molar-refractivity contribution in [2.75, 3.05) is 6.54 Å². The predicted octanol–water partition coefficient (Wildman–Crippen LogP) is 6.22. The molecule has 2 nitrogen and oxygen atoms in total. The third kappa shape index (κ3) is 6.00. The lowest BCUT2D eigenvalue weighted by atomic mass is 10.2. The first-order valence-electron chi connectivity index (χ1n) is 7.66. The van der Waals surface area contributed by atoms with Crippen LogP contribution in [0.4, 0.5) is 0 Å². The van der Waals surface area contributed by atoms with Crippen molar-refractivity contribution in [1.29, 1.82) is 0 Å². The average Bonchev–Trinajstić information content (AvgIpc) is 2.52. The second-order valence-corrected chi connectivity index (χ2v) is 7.07. The number of nitrogens with one attached hydrogen (secondary N) is 1. The fraction of sp³-hybridized carbons (Fsp3) is 0.333. The standard InChI is InChI=1S/C18H20BrCl2NO/c1-2-3-8-22-11-14-9-15(19)5-7-18(14)23-12-13-4-6-16(20)10-17(13)21/h4-7,9-10,22H,2-3,8,11-12H2,1H3. The normalized spacial score (nSPS) is 10.8. The van der Waals surface area contributed by atoms with E-state index in [2.05, 4.69) is 34.2 Å². The van der Waals surface area contributed by atoms with Crippen molar-refractivity contribution in [3.05, 3.63) is 62.0 Å². The van der Waals surface area contributed by atoms with Crippen LogP contribution in [0.15, 0.2) is 40.9 Å². The molecule has 0 bridgehead atoms. The summed E-state index contributed by atoms with van der Waals surface area (Å²) in [5.41, 5.74) is 2.05. The average molecular weight is 417 g/mol. The van der Waals surface area contributed by atoms with Gasteiger partial charge in [0, 0.05) is 32.2 Å². The highest BCUT2D eigenvalue weighted by Gasteiger charge is 2.07. The van der Waals surface area contributed by atoms with Gasteiger partial charge in [-0.2, -0.15) is 0 Å². The fourth-order valence-corrected chi connectivity index (χ4v) is 3.02. The van der Waals surface area contributed by atoms with E-state index in [4.69, 9.17) is 27.9 Å². The number of ether oxygens (including phenoxy) is 1. The van der Waals surface area contributed by atoms with Crippen LogP contribution in [0.5, 0.6) is 5.75 Å². The lowest BCUT2D eigenvalue weighted by Crippen LogP contribution is -2.15. The number of benzene rings is 2. The number of rotatable bonds is 8. The molecular formula is C18H20BrCl2NO. The van der Waals surface area contributed by atoms with Gasteiger partial charge in [0.25, 0.3) is 0 Å². The molecule has 2 aromatic carbocycles. The Bertz CT molecular complexity index is 649. The van der Waals surface area contributed by atoms with Gasteiger partial charge >= 0.3 is 0 Å². The molecule has 124 valence electrons. The van der Waals surface area contributed by atoms with Crippen LogP contribution in [0.25, 0.3) is 0 Å². The molecule has 0 aliphatic rings. The van der Waals surface area contributed by atoms with Crippen LogP contribution in [0.2, 0.25) is 10.0 Å². The molecule has 0 saturated heterocycles. The van der Waals surface area contributed by atoms with Gasteiger partial charge in [0.2, 0.25) is 0 Å². The van der Waals surface area contributed by atoms with Crippen LogP contribution in [0.1, 0.15) is 30.9 Å². The monoisotopic (exact) mass is 415 g/mol. The van der Waals surface area contributed by atoms with Gasteiger partial charge in [-0.25, -0.2) is 0 Å². The summed E-state index contributed by atoms with van der Waals surface area (Å²) >= 11 is 15.6. The summed E-state index contributed by atoms with van der Waals surface area (Å²) in [4.78, 5) is 0. The number of hydrogen-bond donors (Lipinski definition) is 1. The molecule has 0 aromatic heterocycles. The maximum atomic E-state index is 6.19. The first kappa shape index (κ1) is 18.6. The van der Waals surface area contributed by atoms with Gasteiger partial charge in [0.1, 0.15) is 12.4 Å². The summed E-state index contributed by atoms with van der Waals surface area (Å²) in [5.74, 6) is 0.864. The lowest BCUT2D eigenvalue weighted by molar-refractivity contribution is 0.302. The maximum absolute atomic E-state index is 6.19. The maximum Gasteiger partial charge on any atom is 0.124 e. The van der Waals surface area contributed by atoms with Crippen LogP contribution in [-0.2, 0) is 13.2 Å². The van der Waals surface area contributed by atoms with E-state index in [0.29, 0.717) is 16.7 Å². The minimum absolute atomic E-state index is 0.416. The smallest absolute Gasteiger partial charge is 0.124 e. The van der Waals surface area contributed by atoms with Gasteiger partial charge in [-0.15, -0.1) is 0 Å². The molecule has 0 unspecified atom stereocenters. The molecule has 2 aromatic rings. The number of unbranched alkanes of at least 4 members (excludes halogenated alkanes) is 1. The van der Waals surface area contributed by atoms with E-state index in [1.54, 1.807) is 6.07 Å². The van der Waals surface area contributed by atoms with Crippen molar-refractivity contribution in [2.45, 2.75) is 32.9 Å². The fourth-order valence-electron chi connectivity index (χ4n) is 2.15. The molecule has 2 rings (SSSR count). The molecule has 0 aliphatic carbocycles. The Morgan fingerprint density at radius 3 is 2.65 bits per heavy atom. The van der Waals surface area contributed by atoms with Crippen LogP contribution >= 0.6 is 39.1 Å². The van der Waals surface area contributed by atoms with E-state index >= 15 is 0 Å². The molecule has 0 aliphatic heterocycles. The quantitative estimate of drug-likeness (QED) is 0.515. The highest BCUT2D eigenvalue weighted by atomic mass is 79.9. The van der Waals surface area contributed by atoms with E-state index in [1.165, 1.54) is 12.8 Å². The zero-order valence-electron chi connectivity index (χ0n) is 13.0. The third-order valence-corrected chi connectivity index (χ3v) is 4.52. The number of hydrogen-bond acceptors (Lipinski definition) is 2. The lowest BCUT2D eigenvalue weighted by Gasteiger charge is -2.13. The molecule has 0 radical (unpaired) electrons. The van der Waals surface area contributed by atoms with Gasteiger partial charge in [-0.05, 0) is 43.3 Å². The molecule has 23 heavy (non-hydrogen) atoms. The summed E-state index contributed by atoms with van der Waals surface area (Å²) < 4.78 is 7.01. The molecule has 0 heterocycles. The Morgan fingerprint density at radius 1 is 1.09 bits per heavy atom. The second kappa shape index (κ2) is 9.53. The highest BCUT2D eigenvalue weighted by Crippen LogP contribution is 2.26. The second-order valence-electron chi connectivity index (χ2n) is 5.31. The first-order valence-corrected chi connectivity index (χ1v) is 9.21. The zero-order chi connectivity index (χ0) is 16.7. The summed E-state index contributed by atoms with van der Waals surface area (Å²) in [5, 5.41) is 4.69. The van der Waals surface area contributed by atoms with Crippen LogP contribution in [0, 0.1) is 0 Å². The minimum Gasteiger partial charge on any atom is -0.489 e. The molecule has 0 spiro atoms. The van der Waals surface area contributed by atoms with Crippen LogP contribution in [0.3, 0.4) is 0 Å². The Morgan fingerprint density at radius 2 is 1.91 bits per heavy atom. The SMILES string of the molecule is CCCCNCc1cc(Br)ccc1OCc1ccc(Cl)cc1Cl. The highest BCUT2D eigenvalue weighted by molar-refractivity contribution is 9.10. The van der Waals surface area contributed by atoms with Crippen molar-refractivity contribution < 1.29 is 4.74 Å². The van der Waals surface area contributed by atoms with Crippen LogP contribution in [-0.4, -0.2) is 6.54 Å². The van der Waals surface area contributed by atoms with Gasteiger partial charge in [0.15, 0.2) is 0 Å². The first-order chi connectivity index (χ1) is 11.1. The van der Waals surface area contributed by atoms with E-state index < -0.39 is 0 Å². The molecule has 0 fully saturated rings. The minimum atomic E-state index is 0.416. The van der Waals surface area contributed by atoms with Crippen molar-refractivity contribution in [2.24, 2.45) is 0 Å². The van der Waals surface area contributed by atoms with Crippen LogP contribution < -0.4 is 10.1 Å². The zero-order valence-corrected chi connectivity index (χ0v) is 16.1. The van der Waals surface area contributed by atoms with E-state index in [1.807, 2.05) is 24.3 Å². The Kier molecular flexibility index (Phi) is 7.71. The molecule has 1 N–H and O–H groups in total. The number of halogens is 3. The summed E-state index contributed by atoms with van der Waals surface area (Å²) in [6, 6.07) is 11.5. The molecule has 0 atom stereocenters. The third-order valence-electron chi connectivity index (χ3n) is 3.44. The van der Waals surface area contributed by atoms with Gasteiger partial charge in [0.05, 0.1) is 0 Å². The van der Waals surface area contributed by atoms with Crippen molar-refractivity contribution in [3.8, 4) is 5.75 Å². The van der Waals surface area contributed by atoms with Gasteiger partial charge in [-0.1, -0.05) is 58.5 Å². The largest absolute Gasteiger partial charge is 0.489 e. The summed E-state index contributed by atoms with van der Waals surface area (Å²) in [7, 11) is 0. The van der Waals surface area contributed by atoms with E-state index in [0.717, 1.165) is 34.4 Å². The summed E-state index contributed by atoms with van der Waals surface area (Å²) in [6.07, 6.45) is 2.36. The van der Waals surface area contributed by atoms with Crippen molar-refractivity contribution >= 4 is 39.1 Å². The van der Waals surface area contributed by atoms with Gasteiger partial charge in [-0.3, -0.25) is 0 Å². The Hall–Kier alpha value is -0.740. The predicted molar refractivity (Wildman–Crippen MR) is 102 cm³/mol.